The third kappa shape index (κ3) is 3.84. The van der Waals surface area contributed by atoms with Crippen molar-refractivity contribution in [1.29, 1.82) is 0 Å². The summed E-state index contributed by atoms with van der Waals surface area (Å²) in [6.45, 7) is 3.11. The first-order chi connectivity index (χ1) is 16.0. The largest absolute Gasteiger partial charge is 0.488 e. The predicted octanol–water partition coefficient (Wildman–Crippen LogP) is 0.447. The summed E-state index contributed by atoms with van der Waals surface area (Å²) < 4.78 is 27.4. The highest BCUT2D eigenvalue weighted by Crippen LogP contribution is 2.36. The van der Waals surface area contributed by atoms with Gasteiger partial charge in [-0.05, 0) is 12.1 Å². The molecule has 3 atom stereocenters. The van der Waals surface area contributed by atoms with Gasteiger partial charge in [0.25, 0.3) is 0 Å². The van der Waals surface area contributed by atoms with Gasteiger partial charge in [0.15, 0.2) is 12.0 Å². The van der Waals surface area contributed by atoms with Gasteiger partial charge in [0, 0.05) is 13.2 Å². The molecule has 1 unspecified atom stereocenters. The molecule has 2 aliphatic rings. The lowest BCUT2D eigenvalue weighted by molar-refractivity contribution is -0.0980. The summed E-state index contributed by atoms with van der Waals surface area (Å²) in [6, 6.07) is 3.02. The van der Waals surface area contributed by atoms with Gasteiger partial charge in [0.2, 0.25) is 0 Å². The molecule has 2 aliphatic heterocycles. The van der Waals surface area contributed by atoms with E-state index in [1.807, 2.05) is 18.7 Å². The molecule has 0 spiro atoms. The molecule has 33 heavy (non-hydrogen) atoms. The smallest absolute Gasteiger partial charge is 0.164 e. The number of fused-ring (bicyclic) bond motifs is 2. The van der Waals surface area contributed by atoms with E-state index in [9.17, 15) is 14.6 Å². The number of rotatable bonds is 1. The summed E-state index contributed by atoms with van der Waals surface area (Å²) in [5.74, 6) is 5.91. The number of nitrogens with zero attached hydrogens (tertiary/aromatic N) is 4. The van der Waals surface area contributed by atoms with E-state index in [1.54, 1.807) is 16.8 Å². The van der Waals surface area contributed by atoms with Crippen molar-refractivity contribution >= 4 is 29.3 Å². The molecule has 0 bridgehead atoms. The van der Waals surface area contributed by atoms with Gasteiger partial charge in [-0.3, -0.25) is 0 Å². The molecule has 1 saturated heterocycles. The number of nitrogens with two attached hydrogens (primary N) is 1. The zero-order valence-corrected chi connectivity index (χ0v) is 17.7. The van der Waals surface area contributed by atoms with Crippen molar-refractivity contribution in [1.82, 2.24) is 14.5 Å². The van der Waals surface area contributed by atoms with Gasteiger partial charge < -0.3 is 39.7 Å². The van der Waals surface area contributed by atoms with Crippen LogP contribution in [0.5, 0.6) is 5.75 Å². The first-order valence-corrected chi connectivity index (χ1v) is 10.0. The number of carbonyl (C=O) groups excluding carboxylic acids is 1. The number of aliphatic hydroxyl groups is 2. The van der Waals surface area contributed by atoms with Gasteiger partial charge in [-0.15, -0.1) is 0 Å². The molecule has 4 N–H and O–H groups in total. The summed E-state index contributed by atoms with van der Waals surface area (Å²) in [4.78, 5) is 18.2. The molecule has 0 saturated carbocycles. The highest BCUT2D eigenvalue weighted by atomic mass is 19.1. The first-order valence-electron chi connectivity index (χ1n) is 10.0. The number of halogens is 1. The van der Waals surface area contributed by atoms with E-state index in [1.165, 1.54) is 12.4 Å². The second-order valence-electron chi connectivity index (χ2n) is 7.48. The van der Waals surface area contributed by atoms with Crippen molar-refractivity contribution in [3.63, 3.8) is 0 Å². The zero-order chi connectivity index (χ0) is 23.7. The van der Waals surface area contributed by atoms with Crippen LogP contribution in [-0.2, 0) is 9.53 Å². The SMILES string of the molecule is C=O.CN1CCOc2c1ccc(F)c2C#Cc1cn(C2OC[C@@H](O)[C@H]2O)c2ncnc(N)c12. The second kappa shape index (κ2) is 9.03. The average molecular weight is 455 g/mol. The summed E-state index contributed by atoms with van der Waals surface area (Å²) in [5, 5.41) is 20.6. The van der Waals surface area contributed by atoms with Gasteiger partial charge in [0.1, 0.15) is 54.8 Å². The highest BCUT2D eigenvalue weighted by molar-refractivity contribution is 5.92. The van der Waals surface area contributed by atoms with Gasteiger partial charge in [-0.2, -0.15) is 0 Å². The van der Waals surface area contributed by atoms with Crippen LogP contribution < -0.4 is 15.4 Å². The molecule has 1 aromatic carbocycles. The molecular formula is C22H22FN5O5. The summed E-state index contributed by atoms with van der Waals surface area (Å²) in [7, 11) is 1.91. The maximum absolute atomic E-state index is 14.6. The number of ether oxygens (including phenoxy) is 2. The lowest BCUT2D eigenvalue weighted by atomic mass is 10.1. The van der Waals surface area contributed by atoms with Gasteiger partial charge in [-0.25, -0.2) is 14.4 Å². The van der Waals surface area contributed by atoms with Gasteiger partial charge in [-0.1, -0.05) is 11.8 Å². The van der Waals surface area contributed by atoms with Crippen molar-refractivity contribution in [3.05, 3.63) is 41.6 Å². The standard InChI is InChI=1S/C21H20FN5O4.CH2O/c1-26-6-7-30-18-12(13(22)4-5-14(18)26)3-2-11-8-27(21-17(29)15(28)9-31-21)20-16(11)19(23)24-10-25-20;1-2/h4-5,8,10,15,17,21,28-29H,6-7,9H2,1H3,(H2,23,24,25);1H2/t15-,17-,21?;/m1./s1. The Labute approximate surface area is 188 Å². The third-order valence-corrected chi connectivity index (χ3v) is 5.53. The fraction of sp³-hybridized carbons (Fsp3) is 0.318. The third-order valence-electron chi connectivity index (χ3n) is 5.53. The molecule has 2 aromatic heterocycles. The normalized spacial score (nSPS) is 21.5. The predicted molar refractivity (Wildman–Crippen MR) is 117 cm³/mol. The lowest BCUT2D eigenvalue weighted by Gasteiger charge is -2.28. The minimum Gasteiger partial charge on any atom is -0.488 e. The van der Waals surface area contributed by atoms with E-state index in [-0.39, 0.29) is 18.0 Å². The molecule has 10 nitrogen and oxygen atoms in total. The second-order valence-corrected chi connectivity index (χ2v) is 7.48. The molecule has 0 aliphatic carbocycles. The lowest BCUT2D eigenvalue weighted by Crippen LogP contribution is -2.29. The van der Waals surface area contributed by atoms with E-state index in [0.29, 0.717) is 35.5 Å². The Morgan fingerprint density at radius 3 is 2.79 bits per heavy atom. The summed E-state index contributed by atoms with van der Waals surface area (Å²) in [6.07, 6.45) is -0.125. The number of benzene rings is 1. The minimum absolute atomic E-state index is 0.0146. The number of nitrogen functional groups attached to an aromatic ring is 1. The highest BCUT2D eigenvalue weighted by Gasteiger charge is 2.37. The van der Waals surface area contributed by atoms with E-state index >= 15 is 0 Å². The monoisotopic (exact) mass is 455 g/mol. The Morgan fingerprint density at radius 1 is 1.27 bits per heavy atom. The molecule has 0 radical (unpaired) electrons. The Kier molecular flexibility index (Phi) is 6.15. The minimum atomic E-state index is -1.14. The van der Waals surface area contributed by atoms with Crippen LogP contribution in [0.15, 0.2) is 24.7 Å². The number of aromatic nitrogens is 3. The molecule has 5 rings (SSSR count). The number of carbonyl (C=O) groups is 1. The van der Waals surface area contributed by atoms with Crippen LogP contribution in [0.3, 0.4) is 0 Å². The van der Waals surface area contributed by atoms with E-state index in [0.717, 1.165) is 5.69 Å². The quantitative estimate of drug-likeness (QED) is 0.447. The average Bonchev–Trinajstić information content (AvgIpc) is 3.35. The molecular weight excluding hydrogens is 433 g/mol. The summed E-state index contributed by atoms with van der Waals surface area (Å²) in [5.41, 5.74) is 7.80. The molecule has 11 heteroatoms. The van der Waals surface area contributed by atoms with Crippen LogP contribution in [0.2, 0.25) is 0 Å². The van der Waals surface area contributed by atoms with Gasteiger partial charge in [0.05, 0.1) is 29.8 Å². The maximum atomic E-state index is 14.6. The number of hydrogen-bond acceptors (Lipinski definition) is 9. The van der Waals surface area contributed by atoms with Crippen LogP contribution in [-0.4, -0.2) is 70.6 Å². The Balaban J connectivity index is 0.00000126. The molecule has 4 heterocycles. The number of likely N-dealkylation sites (N-methyl/N-ethyl adjacent to an activating group) is 1. The maximum Gasteiger partial charge on any atom is 0.164 e. The van der Waals surface area contributed by atoms with Crippen LogP contribution in [0.4, 0.5) is 15.9 Å². The molecule has 1 fully saturated rings. The fourth-order valence-corrected chi connectivity index (χ4v) is 3.87. The topological polar surface area (TPSA) is 136 Å². The number of aliphatic hydroxyl groups excluding tert-OH is 2. The molecule has 172 valence electrons. The first kappa shape index (κ1) is 22.5. The Bertz CT molecular complexity index is 1250. The van der Waals surface area contributed by atoms with Crippen LogP contribution in [0, 0.1) is 17.7 Å². The van der Waals surface area contributed by atoms with E-state index in [4.69, 9.17) is 20.0 Å². The van der Waals surface area contributed by atoms with E-state index < -0.39 is 24.3 Å². The van der Waals surface area contributed by atoms with Crippen LogP contribution in [0.1, 0.15) is 17.4 Å². The van der Waals surface area contributed by atoms with Crippen molar-refractivity contribution in [3.8, 4) is 17.6 Å². The fourth-order valence-electron chi connectivity index (χ4n) is 3.87. The van der Waals surface area contributed by atoms with Crippen molar-refractivity contribution in [2.45, 2.75) is 18.4 Å². The van der Waals surface area contributed by atoms with Crippen LogP contribution >= 0.6 is 0 Å². The van der Waals surface area contributed by atoms with Crippen LogP contribution in [0.25, 0.3) is 11.0 Å². The van der Waals surface area contributed by atoms with Crippen molar-refractivity contribution < 1.29 is 28.9 Å². The van der Waals surface area contributed by atoms with Crippen molar-refractivity contribution in [2.24, 2.45) is 0 Å². The number of anilines is 2. The molecule has 3 aromatic rings. The summed E-state index contributed by atoms with van der Waals surface area (Å²) >= 11 is 0. The van der Waals surface area contributed by atoms with Crippen molar-refractivity contribution in [2.75, 3.05) is 37.4 Å². The van der Waals surface area contributed by atoms with Gasteiger partial charge >= 0.3 is 0 Å². The zero-order valence-electron chi connectivity index (χ0n) is 17.7. The number of hydrogen-bond donors (Lipinski definition) is 3. The molecule has 0 amide bonds. The van der Waals surface area contributed by atoms with E-state index in [2.05, 4.69) is 21.8 Å². The Morgan fingerprint density at radius 2 is 2.06 bits per heavy atom. The Hall–Kier alpha value is -3.72.